The monoisotopic (exact) mass is 226 g/mol. The zero-order chi connectivity index (χ0) is 11.8. The molecule has 4 heteroatoms. The minimum Gasteiger partial charge on any atom is -0.397 e. The van der Waals surface area contributed by atoms with E-state index in [9.17, 15) is 4.39 Å². The van der Waals surface area contributed by atoms with Crippen molar-refractivity contribution in [1.29, 1.82) is 0 Å². The number of unbranched alkanes of at least 4 members (excludes halogenated alkanes) is 1. The number of anilines is 2. The van der Waals surface area contributed by atoms with E-state index in [0.717, 1.165) is 25.1 Å². The second kappa shape index (κ2) is 7.06. The lowest BCUT2D eigenvalue weighted by Gasteiger charge is -2.09. The van der Waals surface area contributed by atoms with Crippen molar-refractivity contribution in [1.82, 2.24) is 0 Å². The van der Waals surface area contributed by atoms with Gasteiger partial charge in [0.15, 0.2) is 0 Å². The molecule has 90 valence electrons. The molecule has 0 atom stereocenters. The van der Waals surface area contributed by atoms with E-state index in [0.29, 0.717) is 18.8 Å². The molecule has 3 N–H and O–H groups in total. The Balaban J connectivity index is 2.21. The summed E-state index contributed by atoms with van der Waals surface area (Å²) in [6.07, 6.45) is 2.22. The van der Waals surface area contributed by atoms with Gasteiger partial charge in [0.05, 0.1) is 18.0 Å². The van der Waals surface area contributed by atoms with Gasteiger partial charge >= 0.3 is 0 Å². The molecular formula is C12H19FN2O. The maximum Gasteiger partial charge on any atom is 0.125 e. The molecule has 0 bridgehead atoms. The molecule has 0 fully saturated rings. The summed E-state index contributed by atoms with van der Waals surface area (Å²) in [7, 11) is 0. The third-order valence-corrected chi connectivity index (χ3v) is 2.22. The van der Waals surface area contributed by atoms with Crippen molar-refractivity contribution in [3.05, 3.63) is 24.0 Å². The van der Waals surface area contributed by atoms with Gasteiger partial charge in [-0.05, 0) is 24.6 Å². The minimum atomic E-state index is -0.317. The zero-order valence-corrected chi connectivity index (χ0v) is 9.63. The Labute approximate surface area is 95.8 Å². The smallest absolute Gasteiger partial charge is 0.125 e. The number of ether oxygens (including phenoxy) is 1. The fourth-order valence-electron chi connectivity index (χ4n) is 1.30. The fourth-order valence-corrected chi connectivity index (χ4v) is 1.30. The van der Waals surface area contributed by atoms with Crippen LogP contribution >= 0.6 is 0 Å². The molecule has 1 aromatic carbocycles. The largest absolute Gasteiger partial charge is 0.397 e. The average molecular weight is 226 g/mol. The molecule has 0 radical (unpaired) electrons. The predicted molar refractivity (Wildman–Crippen MR) is 65.0 cm³/mol. The molecule has 0 aliphatic carbocycles. The lowest BCUT2D eigenvalue weighted by Crippen LogP contribution is -2.11. The van der Waals surface area contributed by atoms with Crippen molar-refractivity contribution in [3.8, 4) is 0 Å². The van der Waals surface area contributed by atoms with Gasteiger partial charge in [0, 0.05) is 13.2 Å². The molecule has 0 aliphatic heterocycles. The van der Waals surface area contributed by atoms with Gasteiger partial charge in [-0.3, -0.25) is 0 Å². The second-order valence-corrected chi connectivity index (χ2v) is 3.62. The highest BCUT2D eigenvalue weighted by Gasteiger charge is 1.99. The molecule has 3 nitrogen and oxygen atoms in total. The van der Waals surface area contributed by atoms with Crippen LogP contribution in [0.2, 0.25) is 0 Å². The number of hydrogen-bond donors (Lipinski definition) is 2. The highest BCUT2D eigenvalue weighted by Crippen LogP contribution is 2.18. The van der Waals surface area contributed by atoms with Gasteiger partial charge in [0.25, 0.3) is 0 Å². The quantitative estimate of drug-likeness (QED) is 0.555. The molecule has 0 heterocycles. The first-order valence-corrected chi connectivity index (χ1v) is 5.60. The van der Waals surface area contributed by atoms with Crippen LogP contribution in [0.25, 0.3) is 0 Å². The van der Waals surface area contributed by atoms with Gasteiger partial charge in [0.1, 0.15) is 5.82 Å². The van der Waals surface area contributed by atoms with Gasteiger partial charge < -0.3 is 15.8 Å². The zero-order valence-electron chi connectivity index (χ0n) is 9.63. The van der Waals surface area contributed by atoms with Crippen LogP contribution in [0.5, 0.6) is 0 Å². The van der Waals surface area contributed by atoms with E-state index in [1.54, 1.807) is 6.07 Å². The predicted octanol–water partition coefficient (Wildman–Crippen LogP) is 2.64. The standard InChI is InChI=1S/C12H19FN2O/c1-2-3-7-16-8-6-15-12-5-4-10(13)9-11(12)14/h4-5,9,15H,2-3,6-8,14H2,1H3. The summed E-state index contributed by atoms with van der Waals surface area (Å²) >= 11 is 0. The molecule has 0 amide bonds. The fraction of sp³-hybridized carbons (Fsp3) is 0.500. The molecule has 0 aliphatic rings. The Morgan fingerprint density at radius 1 is 1.38 bits per heavy atom. The van der Waals surface area contributed by atoms with Gasteiger partial charge in [-0.2, -0.15) is 0 Å². The molecule has 0 spiro atoms. The third kappa shape index (κ3) is 4.49. The summed E-state index contributed by atoms with van der Waals surface area (Å²) in [5.41, 5.74) is 6.82. The first-order valence-electron chi connectivity index (χ1n) is 5.60. The second-order valence-electron chi connectivity index (χ2n) is 3.62. The van der Waals surface area contributed by atoms with Crippen LogP contribution in [0, 0.1) is 5.82 Å². The number of nitrogens with two attached hydrogens (primary N) is 1. The lowest BCUT2D eigenvalue weighted by molar-refractivity contribution is 0.141. The number of halogens is 1. The Kier molecular flexibility index (Phi) is 5.64. The van der Waals surface area contributed by atoms with E-state index in [1.807, 2.05) is 0 Å². The minimum absolute atomic E-state index is 0.317. The van der Waals surface area contributed by atoms with E-state index < -0.39 is 0 Å². The molecular weight excluding hydrogens is 207 g/mol. The Morgan fingerprint density at radius 3 is 2.88 bits per heavy atom. The van der Waals surface area contributed by atoms with Crippen molar-refractivity contribution in [3.63, 3.8) is 0 Å². The van der Waals surface area contributed by atoms with Crippen LogP contribution in [0.3, 0.4) is 0 Å². The Bertz CT molecular complexity index is 318. The molecule has 16 heavy (non-hydrogen) atoms. The molecule has 0 saturated carbocycles. The summed E-state index contributed by atoms with van der Waals surface area (Å²) in [6, 6.07) is 4.33. The number of nitrogens with one attached hydrogen (secondary N) is 1. The van der Waals surface area contributed by atoms with Crippen LogP contribution in [-0.4, -0.2) is 19.8 Å². The SMILES string of the molecule is CCCCOCCNc1ccc(F)cc1N. The number of benzene rings is 1. The van der Waals surface area contributed by atoms with Gasteiger partial charge in [-0.15, -0.1) is 0 Å². The van der Waals surface area contributed by atoms with E-state index in [2.05, 4.69) is 12.2 Å². The number of rotatable bonds is 7. The van der Waals surface area contributed by atoms with Gasteiger partial charge in [-0.25, -0.2) is 4.39 Å². The third-order valence-electron chi connectivity index (χ3n) is 2.22. The molecule has 1 aromatic rings. The Morgan fingerprint density at radius 2 is 2.19 bits per heavy atom. The van der Waals surface area contributed by atoms with Crippen LogP contribution in [0.1, 0.15) is 19.8 Å². The van der Waals surface area contributed by atoms with Crippen molar-refractivity contribution in [2.45, 2.75) is 19.8 Å². The van der Waals surface area contributed by atoms with Crippen LogP contribution in [-0.2, 0) is 4.74 Å². The van der Waals surface area contributed by atoms with Crippen molar-refractivity contribution < 1.29 is 9.13 Å². The van der Waals surface area contributed by atoms with Gasteiger partial charge in [-0.1, -0.05) is 13.3 Å². The van der Waals surface area contributed by atoms with Crippen molar-refractivity contribution >= 4 is 11.4 Å². The Hall–Kier alpha value is -1.29. The maximum absolute atomic E-state index is 12.7. The van der Waals surface area contributed by atoms with Crippen LogP contribution in [0.15, 0.2) is 18.2 Å². The van der Waals surface area contributed by atoms with Crippen molar-refractivity contribution in [2.75, 3.05) is 30.8 Å². The van der Waals surface area contributed by atoms with E-state index >= 15 is 0 Å². The molecule has 0 unspecified atom stereocenters. The van der Waals surface area contributed by atoms with E-state index in [4.69, 9.17) is 10.5 Å². The summed E-state index contributed by atoms with van der Waals surface area (Å²) < 4.78 is 18.1. The molecule has 0 aromatic heterocycles. The first kappa shape index (κ1) is 12.8. The average Bonchev–Trinajstić information content (AvgIpc) is 2.26. The normalized spacial score (nSPS) is 10.4. The summed E-state index contributed by atoms with van der Waals surface area (Å²) in [5, 5.41) is 3.10. The van der Waals surface area contributed by atoms with E-state index in [-0.39, 0.29) is 5.82 Å². The highest BCUT2D eigenvalue weighted by molar-refractivity contribution is 5.65. The summed E-state index contributed by atoms with van der Waals surface area (Å²) in [5.74, 6) is -0.317. The summed E-state index contributed by atoms with van der Waals surface area (Å²) in [4.78, 5) is 0. The topological polar surface area (TPSA) is 47.3 Å². The maximum atomic E-state index is 12.7. The number of nitrogen functional groups attached to an aromatic ring is 1. The molecule has 0 saturated heterocycles. The van der Waals surface area contributed by atoms with Crippen molar-refractivity contribution in [2.24, 2.45) is 0 Å². The van der Waals surface area contributed by atoms with Crippen LogP contribution < -0.4 is 11.1 Å². The lowest BCUT2D eigenvalue weighted by atomic mass is 10.2. The van der Waals surface area contributed by atoms with Gasteiger partial charge in [0.2, 0.25) is 0 Å². The first-order chi connectivity index (χ1) is 7.74. The van der Waals surface area contributed by atoms with Crippen LogP contribution in [0.4, 0.5) is 15.8 Å². The number of hydrogen-bond acceptors (Lipinski definition) is 3. The molecule has 1 rings (SSSR count). The van der Waals surface area contributed by atoms with E-state index in [1.165, 1.54) is 12.1 Å². The summed E-state index contributed by atoms with van der Waals surface area (Å²) in [6.45, 7) is 4.23. The highest BCUT2D eigenvalue weighted by atomic mass is 19.1.